The molecule has 1 aliphatic heterocycles. The predicted octanol–water partition coefficient (Wildman–Crippen LogP) is 6.51. The second-order valence-electron chi connectivity index (χ2n) is 12.4. The summed E-state index contributed by atoms with van der Waals surface area (Å²) in [5.41, 5.74) is 16.2. The van der Waals surface area contributed by atoms with Crippen molar-refractivity contribution in [2.24, 2.45) is 11.5 Å². The molecule has 0 bridgehead atoms. The Bertz CT molecular complexity index is 1660. The van der Waals surface area contributed by atoms with Crippen LogP contribution in [0.4, 0.5) is 4.39 Å². The number of hydrogen-bond donors (Lipinski definition) is 5. The quantitative estimate of drug-likeness (QED) is 0.0960. The van der Waals surface area contributed by atoms with Crippen molar-refractivity contribution < 1.29 is 4.39 Å². The summed E-state index contributed by atoms with van der Waals surface area (Å²) in [7, 11) is 0. The number of halogens is 1. The van der Waals surface area contributed by atoms with Crippen LogP contribution < -0.4 is 22.5 Å². The van der Waals surface area contributed by atoms with Gasteiger partial charge in [0.2, 0.25) is 0 Å². The molecule has 7 N–H and O–H groups in total. The summed E-state index contributed by atoms with van der Waals surface area (Å²) in [6.45, 7) is 6.00. The summed E-state index contributed by atoms with van der Waals surface area (Å²) >= 11 is 1.39. The number of hydrogen-bond acceptors (Lipinski definition) is 6. The van der Waals surface area contributed by atoms with Gasteiger partial charge in [-0.05, 0) is 92.3 Å². The summed E-state index contributed by atoms with van der Waals surface area (Å²) in [5, 5.41) is 12.1. The monoisotopic (exact) mass is 617 g/mol. The molecule has 0 radical (unpaired) electrons. The second-order valence-corrected chi connectivity index (χ2v) is 13.5. The number of H-pyrrole nitrogens is 1. The Balaban J connectivity index is 1.38. The first-order valence-electron chi connectivity index (χ1n) is 15.6. The van der Waals surface area contributed by atoms with Crippen molar-refractivity contribution in [1.82, 2.24) is 19.9 Å². The van der Waals surface area contributed by atoms with Crippen LogP contribution in [0.2, 0.25) is 0 Å². The number of nitrogens with one attached hydrogen (secondary N) is 3. The van der Waals surface area contributed by atoms with Crippen molar-refractivity contribution in [1.29, 1.82) is 5.41 Å². The van der Waals surface area contributed by atoms with Gasteiger partial charge in [-0.25, -0.2) is 9.18 Å². The fourth-order valence-electron chi connectivity index (χ4n) is 6.11. The van der Waals surface area contributed by atoms with Gasteiger partial charge in [-0.3, -0.25) is 9.98 Å². The van der Waals surface area contributed by atoms with E-state index in [9.17, 15) is 4.79 Å². The number of benzene rings is 2. The third-order valence-electron chi connectivity index (χ3n) is 8.49. The normalized spacial score (nSPS) is 17.8. The van der Waals surface area contributed by atoms with Gasteiger partial charge in [0.05, 0.1) is 11.4 Å². The number of amidine groups is 1. The molecule has 0 unspecified atom stereocenters. The summed E-state index contributed by atoms with van der Waals surface area (Å²) in [4.78, 5) is 20.6. The van der Waals surface area contributed by atoms with Gasteiger partial charge in [-0.2, -0.15) is 4.98 Å². The Morgan fingerprint density at radius 2 is 1.95 bits per heavy atom. The van der Waals surface area contributed by atoms with Crippen molar-refractivity contribution in [3.05, 3.63) is 81.7 Å². The molecule has 10 heteroatoms. The van der Waals surface area contributed by atoms with Crippen LogP contribution >= 0.6 is 11.8 Å². The Kier molecular flexibility index (Phi) is 10.2. The largest absolute Gasteiger partial charge is 0.379 e. The number of fused-ring (bicyclic) bond motifs is 1. The highest BCUT2D eigenvalue weighted by molar-refractivity contribution is 8.13. The molecule has 5 rings (SSSR count). The number of aromatic nitrogens is 3. The average molecular weight is 618 g/mol. The molecule has 1 saturated heterocycles. The van der Waals surface area contributed by atoms with E-state index in [0.29, 0.717) is 28.5 Å². The van der Waals surface area contributed by atoms with Gasteiger partial charge in [0.1, 0.15) is 11.5 Å². The maximum Gasteiger partial charge on any atom is 0.354 e. The minimum Gasteiger partial charge on any atom is -0.379 e. The van der Waals surface area contributed by atoms with E-state index in [1.165, 1.54) is 17.3 Å². The Morgan fingerprint density at radius 1 is 1.18 bits per heavy atom. The lowest BCUT2D eigenvalue weighted by Gasteiger charge is -2.31. The molecule has 3 atom stereocenters. The molecule has 1 aliphatic rings. The van der Waals surface area contributed by atoms with Crippen molar-refractivity contribution in [3.8, 4) is 16.9 Å². The fourth-order valence-corrected chi connectivity index (χ4v) is 6.73. The van der Waals surface area contributed by atoms with E-state index in [2.05, 4.69) is 27.4 Å². The van der Waals surface area contributed by atoms with Crippen LogP contribution in [0.25, 0.3) is 28.0 Å². The van der Waals surface area contributed by atoms with Gasteiger partial charge < -0.3 is 21.8 Å². The van der Waals surface area contributed by atoms with E-state index in [4.69, 9.17) is 16.9 Å². The zero-order chi connectivity index (χ0) is 31.4. The first-order chi connectivity index (χ1) is 21.1. The fraction of sp³-hybridized carbons (Fsp3) is 0.441. The van der Waals surface area contributed by atoms with E-state index in [-0.39, 0.29) is 29.0 Å². The van der Waals surface area contributed by atoms with Gasteiger partial charge in [0, 0.05) is 41.0 Å². The third kappa shape index (κ3) is 7.60. The average Bonchev–Trinajstić information content (AvgIpc) is 3.39. The summed E-state index contributed by atoms with van der Waals surface area (Å²) in [6.07, 6.45) is 8.72. The van der Waals surface area contributed by atoms with Crippen LogP contribution in [0, 0.1) is 11.2 Å². The molecule has 8 nitrogen and oxygen atoms in total. The molecule has 3 heterocycles. The van der Waals surface area contributed by atoms with Crippen LogP contribution in [0.15, 0.2) is 53.5 Å². The smallest absolute Gasteiger partial charge is 0.354 e. The SMILES string of the molecule is CC(C)c1cc(CCC[C@H](C)N)cc(-c2cc3cn(-c4ccc([C@@H]5CCC[C@@H](CCSC(=N)N)N5)cc4)c(=O)nc3[nH]2)c1F. The molecular formula is C34H44FN7OS. The highest BCUT2D eigenvalue weighted by Crippen LogP contribution is 2.33. The molecule has 2 aromatic heterocycles. The van der Waals surface area contributed by atoms with Crippen molar-refractivity contribution >= 4 is 28.0 Å². The molecule has 1 fully saturated rings. The maximum absolute atomic E-state index is 15.8. The van der Waals surface area contributed by atoms with Crippen LogP contribution in [-0.4, -0.2) is 37.5 Å². The number of nitrogens with zero attached hydrogens (tertiary/aromatic N) is 2. The van der Waals surface area contributed by atoms with Crippen molar-refractivity contribution in [2.75, 3.05) is 5.75 Å². The van der Waals surface area contributed by atoms with Crippen LogP contribution in [0.1, 0.15) is 87.9 Å². The predicted molar refractivity (Wildman–Crippen MR) is 180 cm³/mol. The standard InChI is InChI=1S/C34H44FN7OS/c1-20(2)27-16-22(7-4-6-21(3)36)17-28(31(27)35)30-18-24-19-42(34(43)41-32(24)40-30)26-12-10-23(11-13-26)29-9-5-8-25(39-29)14-15-44-33(37)38/h10-13,16-21,25,29,39H,4-9,14-15,36H2,1-3H3,(H3,37,38)(H,40,41,43)/t21-,25-,29-/m0/s1. The zero-order valence-electron chi connectivity index (χ0n) is 25.8. The highest BCUT2D eigenvalue weighted by atomic mass is 32.2. The first kappa shape index (κ1) is 31.9. The lowest BCUT2D eigenvalue weighted by molar-refractivity contribution is 0.320. The van der Waals surface area contributed by atoms with E-state index in [0.717, 1.165) is 67.3 Å². The maximum atomic E-state index is 15.8. The molecule has 44 heavy (non-hydrogen) atoms. The second kappa shape index (κ2) is 14.1. The van der Waals surface area contributed by atoms with Gasteiger partial charge in [0.15, 0.2) is 5.17 Å². The van der Waals surface area contributed by atoms with E-state index in [1.807, 2.05) is 51.1 Å². The molecule has 0 amide bonds. The lowest BCUT2D eigenvalue weighted by Crippen LogP contribution is -2.37. The third-order valence-corrected chi connectivity index (χ3v) is 9.24. The van der Waals surface area contributed by atoms with Gasteiger partial charge in [-0.15, -0.1) is 0 Å². The van der Waals surface area contributed by atoms with Crippen LogP contribution in [0.3, 0.4) is 0 Å². The zero-order valence-corrected chi connectivity index (χ0v) is 26.6. The molecule has 0 saturated carbocycles. The van der Waals surface area contributed by atoms with Crippen molar-refractivity contribution in [3.63, 3.8) is 0 Å². The van der Waals surface area contributed by atoms with E-state index < -0.39 is 5.69 Å². The Labute approximate surface area is 262 Å². The van der Waals surface area contributed by atoms with Gasteiger partial charge >= 0.3 is 5.69 Å². The summed E-state index contributed by atoms with van der Waals surface area (Å²) in [5.74, 6) is 0.621. The molecule has 2 aromatic carbocycles. The summed E-state index contributed by atoms with van der Waals surface area (Å²) < 4.78 is 17.3. The van der Waals surface area contributed by atoms with Gasteiger partial charge in [-0.1, -0.05) is 50.2 Å². The number of aromatic amines is 1. The highest BCUT2D eigenvalue weighted by Gasteiger charge is 2.22. The number of thioether (sulfide) groups is 1. The summed E-state index contributed by atoms with van der Waals surface area (Å²) in [6, 6.07) is 14.6. The number of aryl methyl sites for hydroxylation is 1. The molecule has 234 valence electrons. The lowest BCUT2D eigenvalue weighted by atomic mass is 9.92. The minimum absolute atomic E-state index is 0.0310. The molecule has 0 spiro atoms. The Hall–Kier alpha value is -3.47. The first-order valence-corrected chi connectivity index (χ1v) is 16.6. The minimum atomic E-state index is -0.398. The number of rotatable bonds is 11. The molecular weight excluding hydrogens is 573 g/mol. The van der Waals surface area contributed by atoms with Gasteiger partial charge in [0.25, 0.3) is 0 Å². The number of nitrogens with two attached hydrogens (primary N) is 2. The van der Waals surface area contributed by atoms with Crippen LogP contribution in [-0.2, 0) is 6.42 Å². The van der Waals surface area contributed by atoms with Crippen molar-refractivity contribution in [2.45, 2.75) is 89.8 Å². The van der Waals surface area contributed by atoms with E-state index >= 15 is 4.39 Å². The number of piperidine rings is 1. The Morgan fingerprint density at radius 3 is 2.66 bits per heavy atom. The van der Waals surface area contributed by atoms with E-state index in [1.54, 1.807) is 10.8 Å². The van der Waals surface area contributed by atoms with Crippen LogP contribution in [0.5, 0.6) is 0 Å². The molecule has 4 aromatic rings. The topological polar surface area (TPSA) is 139 Å². The molecule has 0 aliphatic carbocycles.